The fraction of sp³-hybridized carbons (Fsp3) is 0.800. The summed E-state index contributed by atoms with van der Waals surface area (Å²) in [6.07, 6.45) is 3.19. The number of rotatable bonds is 5. The SMILES string of the molecule is Cc1nc(C2(N[S@@](=O)C(C)(C)C)CC(C)(O[Si](C)(C)C(C)(C)C)C2)ncc1Br. The molecule has 1 aromatic heterocycles. The van der Waals surface area contributed by atoms with E-state index in [2.05, 4.69) is 66.4 Å². The molecule has 1 heterocycles. The molecule has 0 spiro atoms. The number of hydrogen-bond donors (Lipinski definition) is 1. The lowest BCUT2D eigenvalue weighted by molar-refractivity contribution is -0.0721. The minimum Gasteiger partial charge on any atom is -0.411 e. The van der Waals surface area contributed by atoms with Gasteiger partial charge in [-0.05, 0) is 68.7 Å². The lowest BCUT2D eigenvalue weighted by Gasteiger charge is -2.57. The number of aromatic nitrogens is 2. The maximum absolute atomic E-state index is 13.0. The summed E-state index contributed by atoms with van der Waals surface area (Å²) in [5.74, 6) is 0.696. The lowest BCUT2D eigenvalue weighted by Crippen LogP contribution is -2.66. The minimum absolute atomic E-state index is 0.140. The van der Waals surface area contributed by atoms with Gasteiger partial charge in [0.25, 0.3) is 0 Å². The summed E-state index contributed by atoms with van der Waals surface area (Å²) in [5, 5.41) is 0.140. The quantitative estimate of drug-likeness (QED) is 0.564. The Morgan fingerprint density at radius 2 is 1.75 bits per heavy atom. The third kappa shape index (κ3) is 4.94. The number of aryl methyl sites for hydroxylation is 1. The van der Waals surface area contributed by atoms with Gasteiger partial charge in [-0.15, -0.1) is 0 Å². The van der Waals surface area contributed by atoms with Crippen molar-refractivity contribution in [3.63, 3.8) is 0 Å². The van der Waals surface area contributed by atoms with Crippen LogP contribution in [0.4, 0.5) is 0 Å². The minimum atomic E-state index is -1.92. The highest BCUT2D eigenvalue weighted by atomic mass is 79.9. The van der Waals surface area contributed by atoms with Crippen LogP contribution in [0, 0.1) is 6.92 Å². The molecule has 0 saturated heterocycles. The Morgan fingerprint density at radius 1 is 1.21 bits per heavy atom. The Balaban J connectivity index is 2.36. The van der Waals surface area contributed by atoms with Gasteiger partial charge < -0.3 is 4.43 Å². The summed E-state index contributed by atoms with van der Waals surface area (Å²) in [6.45, 7) is 21.4. The first kappa shape index (κ1) is 24.1. The Labute approximate surface area is 182 Å². The topological polar surface area (TPSA) is 64.1 Å². The number of nitrogens with one attached hydrogen (secondary N) is 1. The van der Waals surface area contributed by atoms with Crippen LogP contribution in [0.25, 0.3) is 0 Å². The molecule has 1 aliphatic rings. The predicted octanol–water partition coefficient (Wildman–Crippen LogP) is 5.37. The molecule has 5 nitrogen and oxygen atoms in total. The Bertz CT molecular complexity index is 766. The van der Waals surface area contributed by atoms with Gasteiger partial charge in [-0.3, -0.25) is 0 Å². The largest absolute Gasteiger partial charge is 0.411 e. The number of hydrogen-bond acceptors (Lipinski definition) is 4. The normalized spacial score (nSPS) is 27.4. The van der Waals surface area contributed by atoms with Crippen molar-refractivity contribution in [1.29, 1.82) is 0 Å². The standard InChI is InChI=1S/C20H36BrN3O2SSi/c1-14-15(21)11-22-16(23-14)20(24-27(25)17(2,3)4)12-19(8,13-20)26-28(9,10)18(5,6)7/h11,24H,12-13H2,1-10H3/t19?,20?,27-/m0/s1. The van der Waals surface area contributed by atoms with Gasteiger partial charge in [0.1, 0.15) is 5.82 Å². The van der Waals surface area contributed by atoms with E-state index < -0.39 is 24.8 Å². The van der Waals surface area contributed by atoms with Gasteiger partial charge in [0.2, 0.25) is 0 Å². The van der Waals surface area contributed by atoms with E-state index in [0.29, 0.717) is 18.7 Å². The van der Waals surface area contributed by atoms with Gasteiger partial charge in [-0.1, -0.05) is 20.8 Å². The molecule has 1 atom stereocenters. The molecule has 0 radical (unpaired) electrons. The van der Waals surface area contributed by atoms with Gasteiger partial charge in [-0.2, -0.15) is 0 Å². The highest BCUT2D eigenvalue weighted by Gasteiger charge is 2.59. The Hall–Kier alpha value is -0.153. The molecule has 160 valence electrons. The molecular formula is C20H36BrN3O2SSi. The molecule has 0 bridgehead atoms. The van der Waals surface area contributed by atoms with Crippen LogP contribution in [0.3, 0.4) is 0 Å². The van der Waals surface area contributed by atoms with Crippen LogP contribution < -0.4 is 4.72 Å². The van der Waals surface area contributed by atoms with Crippen LogP contribution in [0.1, 0.15) is 72.8 Å². The summed E-state index contributed by atoms with van der Waals surface area (Å²) in [7, 11) is -3.15. The maximum Gasteiger partial charge on any atom is 0.192 e. The van der Waals surface area contributed by atoms with Crippen LogP contribution in [-0.2, 0) is 21.0 Å². The predicted molar refractivity (Wildman–Crippen MR) is 123 cm³/mol. The van der Waals surface area contributed by atoms with E-state index in [-0.39, 0.29) is 15.4 Å². The van der Waals surface area contributed by atoms with E-state index in [1.165, 1.54) is 0 Å². The zero-order valence-electron chi connectivity index (χ0n) is 19.0. The fourth-order valence-corrected chi connectivity index (χ4v) is 6.13. The summed E-state index contributed by atoms with van der Waals surface area (Å²) >= 11 is 3.48. The van der Waals surface area contributed by atoms with Crippen molar-refractivity contribution >= 4 is 35.2 Å². The molecule has 1 fully saturated rings. The monoisotopic (exact) mass is 489 g/mol. The summed E-state index contributed by atoms with van der Waals surface area (Å²) in [5.41, 5.74) is 0.0648. The van der Waals surface area contributed by atoms with E-state index in [9.17, 15) is 4.21 Å². The molecule has 0 unspecified atom stereocenters. The number of nitrogens with zero attached hydrogens (tertiary/aromatic N) is 2. The molecule has 8 heteroatoms. The first-order chi connectivity index (χ1) is 12.4. The van der Waals surface area contributed by atoms with Crippen molar-refractivity contribution in [2.75, 3.05) is 0 Å². The molecule has 0 amide bonds. The summed E-state index contributed by atoms with van der Waals surface area (Å²) in [4.78, 5) is 9.29. The maximum atomic E-state index is 13.0. The van der Waals surface area contributed by atoms with Crippen molar-refractivity contribution in [3.8, 4) is 0 Å². The van der Waals surface area contributed by atoms with Crippen molar-refractivity contribution in [2.24, 2.45) is 0 Å². The first-order valence-electron chi connectivity index (χ1n) is 9.80. The first-order valence-corrected chi connectivity index (χ1v) is 14.7. The number of halogens is 1. The van der Waals surface area contributed by atoms with Crippen molar-refractivity contribution in [1.82, 2.24) is 14.7 Å². The zero-order chi connectivity index (χ0) is 21.8. The lowest BCUT2D eigenvalue weighted by atomic mass is 9.66. The fourth-order valence-electron chi connectivity index (χ4n) is 3.36. The zero-order valence-corrected chi connectivity index (χ0v) is 22.4. The second-order valence-corrected chi connectivity index (χ2v) is 18.4. The molecule has 0 aliphatic heterocycles. The summed E-state index contributed by atoms with van der Waals surface area (Å²) < 4.78 is 23.6. The van der Waals surface area contributed by atoms with E-state index in [0.717, 1.165) is 10.2 Å². The van der Waals surface area contributed by atoms with Gasteiger partial charge in [0.15, 0.2) is 8.32 Å². The average molecular weight is 491 g/mol. The van der Waals surface area contributed by atoms with Gasteiger partial charge >= 0.3 is 0 Å². The smallest absolute Gasteiger partial charge is 0.192 e. The average Bonchev–Trinajstić information content (AvgIpc) is 2.45. The van der Waals surface area contributed by atoms with Crippen molar-refractivity contribution in [2.45, 2.75) is 102 Å². The highest BCUT2D eigenvalue weighted by Crippen LogP contribution is 2.53. The Kier molecular flexibility index (Phi) is 6.48. The molecule has 1 N–H and O–H groups in total. The molecule has 28 heavy (non-hydrogen) atoms. The van der Waals surface area contributed by atoms with Gasteiger partial charge in [0, 0.05) is 19.0 Å². The third-order valence-electron chi connectivity index (χ3n) is 5.85. The van der Waals surface area contributed by atoms with E-state index in [1.54, 1.807) is 6.20 Å². The Morgan fingerprint density at radius 3 is 2.18 bits per heavy atom. The van der Waals surface area contributed by atoms with E-state index in [1.807, 2.05) is 27.7 Å². The molecule has 1 saturated carbocycles. The second kappa shape index (κ2) is 7.52. The summed E-state index contributed by atoms with van der Waals surface area (Å²) in [6, 6.07) is 0. The van der Waals surface area contributed by atoms with Crippen LogP contribution in [-0.4, -0.2) is 32.8 Å². The van der Waals surface area contributed by atoms with Crippen molar-refractivity contribution < 1.29 is 8.63 Å². The van der Waals surface area contributed by atoms with E-state index >= 15 is 0 Å². The molecule has 2 rings (SSSR count). The van der Waals surface area contributed by atoms with Gasteiger partial charge in [-0.25, -0.2) is 18.9 Å². The molecular weight excluding hydrogens is 454 g/mol. The van der Waals surface area contributed by atoms with Crippen LogP contribution in [0.5, 0.6) is 0 Å². The highest BCUT2D eigenvalue weighted by molar-refractivity contribution is 9.10. The molecule has 1 aromatic rings. The molecule has 1 aliphatic carbocycles. The van der Waals surface area contributed by atoms with Gasteiger partial charge in [0.05, 0.1) is 37.0 Å². The molecule has 0 aromatic carbocycles. The second-order valence-electron chi connectivity index (χ2n) is 10.9. The van der Waals surface area contributed by atoms with Crippen LogP contribution in [0.2, 0.25) is 18.1 Å². The van der Waals surface area contributed by atoms with E-state index in [4.69, 9.17) is 9.41 Å². The van der Waals surface area contributed by atoms with Crippen molar-refractivity contribution in [3.05, 3.63) is 22.2 Å². The van der Waals surface area contributed by atoms with Crippen LogP contribution in [0.15, 0.2) is 10.7 Å². The third-order valence-corrected chi connectivity index (χ3v) is 12.9. The van der Waals surface area contributed by atoms with Crippen LogP contribution >= 0.6 is 15.9 Å².